The molecule has 4 nitrogen and oxygen atoms in total. The van der Waals surface area contributed by atoms with Gasteiger partial charge in [-0.2, -0.15) is 0 Å². The van der Waals surface area contributed by atoms with Gasteiger partial charge in [0.15, 0.2) is 0 Å². The maximum absolute atomic E-state index is 12.2. The lowest BCUT2D eigenvalue weighted by atomic mass is 9.75. The van der Waals surface area contributed by atoms with Crippen LogP contribution in [0.2, 0.25) is 0 Å². The second kappa shape index (κ2) is 4.55. The third-order valence-electron chi connectivity index (χ3n) is 4.04. The molecule has 0 amide bonds. The van der Waals surface area contributed by atoms with Crippen LogP contribution in [0.4, 0.5) is 0 Å². The van der Waals surface area contributed by atoms with Crippen LogP contribution in [0.1, 0.15) is 50.8 Å². The number of hydrogen-bond acceptors (Lipinski definition) is 3. The van der Waals surface area contributed by atoms with Gasteiger partial charge in [-0.3, -0.25) is 4.79 Å². The van der Waals surface area contributed by atoms with Crippen molar-refractivity contribution in [3.8, 4) is 0 Å². The van der Waals surface area contributed by atoms with E-state index in [-0.39, 0.29) is 17.0 Å². The van der Waals surface area contributed by atoms with Gasteiger partial charge in [0.2, 0.25) is 13.5 Å². The second-order valence-corrected chi connectivity index (χ2v) is 6.27. The lowest BCUT2D eigenvalue weighted by molar-refractivity contribution is 0.204. The summed E-state index contributed by atoms with van der Waals surface area (Å²) in [6.45, 7) is 10.5. The molecule has 2 radical (unpaired) electrons. The summed E-state index contributed by atoms with van der Waals surface area (Å²) in [4.78, 5) is 16.7. The molecule has 0 aliphatic carbocycles. The van der Waals surface area contributed by atoms with Crippen molar-refractivity contribution in [1.82, 2.24) is 14.8 Å². The number of fused-ring (bicyclic) bond motifs is 1. The highest BCUT2D eigenvalue weighted by molar-refractivity contribution is 6.06. The fourth-order valence-electron chi connectivity index (χ4n) is 2.26. The number of nitrogens with one attached hydrogen (secondary N) is 1. The zero-order chi connectivity index (χ0) is 14.4. The monoisotopic (exact) mass is 257 g/mol. The number of aromatic nitrogens is 2. The lowest BCUT2D eigenvalue weighted by Gasteiger charge is -2.36. The number of hydrogen-bond donors (Lipinski definition) is 1. The van der Waals surface area contributed by atoms with Crippen molar-refractivity contribution < 1.29 is 0 Å². The summed E-state index contributed by atoms with van der Waals surface area (Å²) in [7, 11) is 5.70. The van der Waals surface area contributed by atoms with Gasteiger partial charge >= 0.3 is 0 Å². The van der Waals surface area contributed by atoms with Crippen molar-refractivity contribution in [2.45, 2.75) is 40.7 Å². The van der Waals surface area contributed by atoms with Crippen LogP contribution in [-0.4, -0.2) is 17.4 Å². The molecular weight excluding hydrogens is 237 g/mol. The molecule has 0 fully saturated rings. The highest BCUT2D eigenvalue weighted by Gasteiger charge is 2.33. The maximum Gasteiger partial charge on any atom is 0.248 e. The minimum absolute atomic E-state index is 0.0348. The van der Waals surface area contributed by atoms with Crippen molar-refractivity contribution in [2.24, 2.45) is 11.3 Å². The van der Waals surface area contributed by atoms with Crippen molar-refractivity contribution in [3.05, 3.63) is 33.6 Å². The van der Waals surface area contributed by atoms with Crippen LogP contribution >= 0.6 is 0 Å². The highest BCUT2D eigenvalue weighted by Crippen LogP contribution is 2.37. The van der Waals surface area contributed by atoms with Gasteiger partial charge in [0.05, 0.1) is 23.1 Å². The molecule has 0 bridgehead atoms. The van der Waals surface area contributed by atoms with E-state index in [2.05, 4.69) is 38.0 Å². The molecule has 1 aromatic heterocycles. The zero-order valence-corrected chi connectivity index (χ0v) is 12.2. The molecule has 0 spiro atoms. The third kappa shape index (κ3) is 2.34. The second-order valence-electron chi connectivity index (χ2n) is 6.27. The van der Waals surface area contributed by atoms with Crippen LogP contribution in [0.15, 0.2) is 11.0 Å². The summed E-state index contributed by atoms with van der Waals surface area (Å²) < 4.78 is 1.10. The van der Waals surface area contributed by atoms with Gasteiger partial charge in [-0.1, -0.05) is 27.7 Å². The summed E-state index contributed by atoms with van der Waals surface area (Å²) >= 11 is 0. The average Bonchev–Trinajstić information content (AvgIpc) is 2.33. The van der Waals surface area contributed by atoms with E-state index in [0.717, 1.165) is 10.2 Å². The summed E-state index contributed by atoms with van der Waals surface area (Å²) in [6.07, 6.45) is 3.56. The lowest BCUT2D eigenvalue weighted by Crippen LogP contribution is -2.38. The summed E-state index contributed by atoms with van der Waals surface area (Å²) in [5.74, 6) is 0.864. The zero-order valence-electron chi connectivity index (χ0n) is 12.2. The van der Waals surface area contributed by atoms with Gasteiger partial charge in [-0.15, -0.1) is 0 Å². The van der Waals surface area contributed by atoms with E-state index in [1.165, 1.54) is 0 Å². The van der Waals surface area contributed by atoms with E-state index in [1.807, 2.05) is 6.20 Å². The Hall–Kier alpha value is -1.52. The Labute approximate surface area is 115 Å². The van der Waals surface area contributed by atoms with Crippen LogP contribution in [-0.2, 0) is 0 Å². The van der Waals surface area contributed by atoms with Crippen molar-refractivity contribution in [2.75, 3.05) is 0 Å². The smallest absolute Gasteiger partial charge is 0.248 e. The van der Waals surface area contributed by atoms with Crippen LogP contribution in [0.3, 0.4) is 0 Å². The van der Waals surface area contributed by atoms with Crippen molar-refractivity contribution in [1.29, 1.82) is 0 Å². The van der Waals surface area contributed by atoms with Crippen molar-refractivity contribution >= 4 is 14.1 Å². The predicted molar refractivity (Wildman–Crippen MR) is 77.9 cm³/mol. The van der Waals surface area contributed by atoms with E-state index >= 15 is 0 Å². The molecule has 2 heterocycles. The topological polar surface area (TPSA) is 46.9 Å². The molecule has 0 aromatic carbocycles. The molecule has 1 N–H and O–H groups in total. The molecule has 0 saturated heterocycles. The summed E-state index contributed by atoms with van der Waals surface area (Å²) in [5.41, 5.74) is 1.32. The first-order valence-electron chi connectivity index (χ1n) is 6.54. The normalized spacial score (nSPS) is 19.7. The molecule has 2 atom stereocenters. The third-order valence-corrected chi connectivity index (χ3v) is 4.04. The minimum Gasteiger partial charge on any atom is -0.382 e. The van der Waals surface area contributed by atoms with E-state index < -0.39 is 0 Å². The van der Waals surface area contributed by atoms with Gasteiger partial charge in [-0.25, -0.2) is 4.98 Å². The molecule has 100 valence electrons. The van der Waals surface area contributed by atoms with Crippen LogP contribution in [0, 0.1) is 18.3 Å². The number of rotatable bonds is 1. The molecular formula is C14H20BN3O. The molecule has 5 heteroatoms. The Kier molecular flexibility index (Phi) is 3.33. The SMILES string of the molecule is [B]n1c(C)nc2c(c1=O)C=CNC2C(C)C(C)(C)C. The predicted octanol–water partition coefficient (Wildman–Crippen LogP) is 1.78. The standard InChI is InChI=1S/C14H20BN3O/c1-8(14(3,4)5)11-12-10(6-7-16-11)13(19)18(15)9(2)17-12/h6-8,11,16H,1-5H3. The Morgan fingerprint density at radius 1 is 1.47 bits per heavy atom. The molecule has 1 aliphatic rings. The molecule has 2 unspecified atom stereocenters. The Bertz CT molecular complexity index is 584. The quantitative estimate of drug-likeness (QED) is 0.780. The molecule has 19 heavy (non-hydrogen) atoms. The van der Waals surface area contributed by atoms with Crippen LogP contribution < -0.4 is 10.9 Å². The molecule has 0 saturated carbocycles. The fraction of sp³-hybridized carbons (Fsp3) is 0.571. The average molecular weight is 257 g/mol. The van der Waals surface area contributed by atoms with E-state index in [0.29, 0.717) is 17.3 Å². The van der Waals surface area contributed by atoms with E-state index in [4.69, 9.17) is 7.98 Å². The van der Waals surface area contributed by atoms with Gasteiger partial charge in [0, 0.05) is 0 Å². The van der Waals surface area contributed by atoms with Gasteiger partial charge in [-0.05, 0) is 30.5 Å². The summed E-state index contributed by atoms with van der Waals surface area (Å²) in [5, 5.41) is 3.32. The van der Waals surface area contributed by atoms with E-state index in [9.17, 15) is 4.79 Å². The van der Waals surface area contributed by atoms with E-state index in [1.54, 1.807) is 13.0 Å². The fourth-order valence-corrected chi connectivity index (χ4v) is 2.26. The minimum atomic E-state index is -0.189. The first kappa shape index (κ1) is 13.9. The Morgan fingerprint density at radius 3 is 2.68 bits per heavy atom. The van der Waals surface area contributed by atoms with Crippen LogP contribution in [0.25, 0.3) is 6.08 Å². The van der Waals surface area contributed by atoms with Gasteiger partial charge in [0.25, 0.3) is 0 Å². The van der Waals surface area contributed by atoms with Crippen molar-refractivity contribution in [3.63, 3.8) is 0 Å². The molecule has 2 rings (SSSR count). The first-order chi connectivity index (χ1) is 8.73. The van der Waals surface area contributed by atoms with Gasteiger partial charge in [0.1, 0.15) is 0 Å². The Morgan fingerprint density at radius 2 is 2.11 bits per heavy atom. The van der Waals surface area contributed by atoms with Gasteiger partial charge < -0.3 is 9.79 Å². The maximum atomic E-state index is 12.2. The Balaban J connectivity index is 2.58. The highest BCUT2D eigenvalue weighted by atomic mass is 16.1. The molecule has 1 aliphatic heterocycles. The molecule has 1 aromatic rings. The largest absolute Gasteiger partial charge is 0.382 e. The van der Waals surface area contributed by atoms with Crippen LogP contribution in [0.5, 0.6) is 0 Å². The number of aryl methyl sites for hydroxylation is 1. The first-order valence-corrected chi connectivity index (χ1v) is 6.54. The summed E-state index contributed by atoms with van der Waals surface area (Å²) in [6, 6.07) is 0.0348. The number of nitrogens with zero attached hydrogens (tertiary/aromatic N) is 2.